The summed E-state index contributed by atoms with van der Waals surface area (Å²) >= 11 is 0. The van der Waals surface area contributed by atoms with Crippen LogP contribution in [0.5, 0.6) is 0 Å². The van der Waals surface area contributed by atoms with E-state index in [2.05, 4.69) is 9.98 Å². The highest BCUT2D eigenvalue weighted by atomic mass is 16.3. The predicted molar refractivity (Wildman–Crippen MR) is 56.7 cm³/mol. The van der Waals surface area contributed by atoms with Crippen molar-refractivity contribution in [2.24, 2.45) is 27.6 Å². The molecular formula is C10H17N3O. The van der Waals surface area contributed by atoms with E-state index in [1.165, 1.54) is 0 Å². The molecule has 0 spiro atoms. The molecule has 0 aromatic carbocycles. The van der Waals surface area contributed by atoms with Crippen molar-refractivity contribution in [2.75, 3.05) is 6.54 Å². The van der Waals surface area contributed by atoms with Gasteiger partial charge in [-0.25, -0.2) is 0 Å². The van der Waals surface area contributed by atoms with Gasteiger partial charge in [0.15, 0.2) is 0 Å². The van der Waals surface area contributed by atoms with Crippen LogP contribution in [0.3, 0.4) is 0 Å². The summed E-state index contributed by atoms with van der Waals surface area (Å²) in [7, 11) is 0. The van der Waals surface area contributed by atoms with Gasteiger partial charge in [-0.1, -0.05) is 0 Å². The maximum Gasteiger partial charge on any atom is 0.147 e. The summed E-state index contributed by atoms with van der Waals surface area (Å²) in [4.78, 5) is 8.21. The molecule has 0 aromatic rings. The number of hydrogen-bond donors (Lipinski definition) is 2. The van der Waals surface area contributed by atoms with E-state index in [0.717, 1.165) is 25.8 Å². The third kappa shape index (κ3) is 1.86. The first-order chi connectivity index (χ1) is 6.79. The van der Waals surface area contributed by atoms with Crippen molar-refractivity contribution in [3.63, 3.8) is 0 Å². The van der Waals surface area contributed by atoms with E-state index >= 15 is 0 Å². The van der Waals surface area contributed by atoms with Gasteiger partial charge in [0, 0.05) is 30.9 Å². The smallest absolute Gasteiger partial charge is 0.147 e. The molecule has 0 fully saturated rings. The molecule has 4 heteroatoms. The van der Waals surface area contributed by atoms with Gasteiger partial charge in [-0.2, -0.15) is 0 Å². The summed E-state index contributed by atoms with van der Waals surface area (Å²) in [6.45, 7) is 0.839. The zero-order valence-corrected chi connectivity index (χ0v) is 8.21. The molecule has 2 heterocycles. The van der Waals surface area contributed by atoms with Crippen molar-refractivity contribution in [3.05, 3.63) is 0 Å². The Kier molecular flexibility index (Phi) is 2.93. The lowest BCUT2D eigenvalue weighted by atomic mass is 9.78. The van der Waals surface area contributed by atoms with Crippen LogP contribution >= 0.6 is 0 Å². The zero-order chi connectivity index (χ0) is 9.97. The highest BCUT2D eigenvalue weighted by Gasteiger charge is 2.33. The van der Waals surface area contributed by atoms with Crippen LogP contribution < -0.4 is 5.73 Å². The number of nitrogens with two attached hydrogens (primary N) is 1. The summed E-state index contributed by atoms with van der Waals surface area (Å²) in [5.74, 6) is 0.571. The van der Waals surface area contributed by atoms with Crippen LogP contribution in [-0.4, -0.2) is 36.4 Å². The van der Waals surface area contributed by atoms with E-state index < -0.39 is 6.23 Å². The van der Waals surface area contributed by atoms with Gasteiger partial charge < -0.3 is 10.8 Å². The lowest BCUT2D eigenvalue weighted by Crippen LogP contribution is -2.43. The van der Waals surface area contributed by atoms with Crippen LogP contribution in [0.2, 0.25) is 0 Å². The molecule has 0 radical (unpaired) electrons. The molecule has 4 atom stereocenters. The lowest BCUT2D eigenvalue weighted by Gasteiger charge is -2.34. The Hall–Kier alpha value is -0.740. The fraction of sp³-hybridized carbons (Fsp3) is 0.800. The van der Waals surface area contributed by atoms with Crippen molar-refractivity contribution in [2.45, 2.75) is 31.5 Å². The Bertz CT molecular complexity index is 226. The second kappa shape index (κ2) is 4.19. The Morgan fingerprint density at radius 2 is 2.14 bits per heavy atom. The van der Waals surface area contributed by atoms with Crippen molar-refractivity contribution in [1.29, 1.82) is 0 Å². The van der Waals surface area contributed by atoms with Gasteiger partial charge in [-0.05, 0) is 25.2 Å². The van der Waals surface area contributed by atoms with Crippen molar-refractivity contribution in [1.82, 2.24) is 0 Å². The Morgan fingerprint density at radius 3 is 2.86 bits per heavy atom. The van der Waals surface area contributed by atoms with E-state index in [1.807, 2.05) is 12.4 Å². The van der Waals surface area contributed by atoms with Crippen molar-refractivity contribution >= 4 is 12.4 Å². The molecule has 0 aliphatic carbocycles. The van der Waals surface area contributed by atoms with E-state index in [0.29, 0.717) is 5.92 Å². The quantitative estimate of drug-likeness (QED) is 0.627. The lowest BCUT2D eigenvalue weighted by molar-refractivity contribution is 0.0639. The van der Waals surface area contributed by atoms with Crippen LogP contribution in [0.25, 0.3) is 0 Å². The number of rotatable bonds is 1. The van der Waals surface area contributed by atoms with Crippen molar-refractivity contribution < 1.29 is 5.11 Å². The van der Waals surface area contributed by atoms with Gasteiger partial charge in [0.1, 0.15) is 6.23 Å². The monoisotopic (exact) mass is 195 g/mol. The number of aliphatic imine (C=N–C) groups is 2. The second-order valence-electron chi connectivity index (χ2n) is 4.07. The minimum Gasteiger partial charge on any atom is -0.372 e. The Balaban J connectivity index is 2.06. The van der Waals surface area contributed by atoms with Crippen LogP contribution in [0.1, 0.15) is 19.3 Å². The van der Waals surface area contributed by atoms with Gasteiger partial charge in [0.05, 0.1) is 0 Å². The summed E-state index contributed by atoms with van der Waals surface area (Å²) < 4.78 is 0. The van der Waals surface area contributed by atoms with Crippen LogP contribution in [0.15, 0.2) is 9.98 Å². The number of aliphatic hydroxyl groups is 1. The molecule has 78 valence electrons. The Morgan fingerprint density at radius 1 is 1.29 bits per heavy atom. The average Bonchev–Trinajstić information content (AvgIpc) is 2.20. The topological polar surface area (TPSA) is 71.0 Å². The molecular weight excluding hydrogens is 178 g/mol. The van der Waals surface area contributed by atoms with Gasteiger partial charge in [0.25, 0.3) is 0 Å². The summed E-state index contributed by atoms with van der Waals surface area (Å²) in [5, 5.41) is 9.74. The minimum atomic E-state index is -0.550. The normalized spacial score (nSPS) is 42.7. The largest absolute Gasteiger partial charge is 0.372 e. The van der Waals surface area contributed by atoms with E-state index in [4.69, 9.17) is 5.73 Å². The first-order valence-electron chi connectivity index (χ1n) is 5.24. The number of aliphatic hydroxyl groups excluding tert-OH is 1. The van der Waals surface area contributed by atoms with Gasteiger partial charge >= 0.3 is 0 Å². The van der Waals surface area contributed by atoms with E-state index in [9.17, 15) is 5.11 Å². The third-order valence-electron chi connectivity index (χ3n) is 3.18. The molecule has 0 bridgehead atoms. The standard InChI is InChI=1S/C10H17N3O/c11-9-6-12-5-3-7(9)8-2-1-4-13-10(8)14/h4,6-10,14H,1-3,5,11H2. The fourth-order valence-corrected chi connectivity index (χ4v) is 2.37. The molecule has 14 heavy (non-hydrogen) atoms. The summed E-state index contributed by atoms with van der Waals surface area (Å²) in [6.07, 6.45) is 6.02. The van der Waals surface area contributed by atoms with Crippen LogP contribution in [-0.2, 0) is 0 Å². The van der Waals surface area contributed by atoms with Gasteiger partial charge in [0.2, 0.25) is 0 Å². The maximum absolute atomic E-state index is 9.74. The van der Waals surface area contributed by atoms with E-state index in [-0.39, 0.29) is 12.0 Å². The first kappa shape index (κ1) is 9.80. The average molecular weight is 195 g/mol. The summed E-state index contributed by atoms with van der Waals surface area (Å²) in [6, 6.07) is -0.00306. The maximum atomic E-state index is 9.74. The van der Waals surface area contributed by atoms with E-state index in [1.54, 1.807) is 0 Å². The molecule has 3 N–H and O–H groups in total. The molecule has 2 rings (SSSR count). The zero-order valence-electron chi connectivity index (χ0n) is 8.21. The Labute approximate surface area is 83.9 Å². The number of nitrogens with zero attached hydrogens (tertiary/aromatic N) is 2. The van der Waals surface area contributed by atoms with Gasteiger partial charge in [-0.15, -0.1) is 0 Å². The molecule has 0 saturated carbocycles. The molecule has 2 aliphatic rings. The highest BCUT2D eigenvalue weighted by Crippen LogP contribution is 2.30. The SMILES string of the molecule is NC1C=NCCC1C1CCC=NC1O. The molecule has 0 saturated heterocycles. The molecule has 0 aromatic heterocycles. The molecule has 4 nitrogen and oxygen atoms in total. The van der Waals surface area contributed by atoms with Crippen molar-refractivity contribution in [3.8, 4) is 0 Å². The third-order valence-corrected chi connectivity index (χ3v) is 3.18. The summed E-state index contributed by atoms with van der Waals surface area (Å²) in [5.41, 5.74) is 5.96. The highest BCUT2D eigenvalue weighted by molar-refractivity contribution is 5.65. The number of hydrogen-bond acceptors (Lipinski definition) is 4. The van der Waals surface area contributed by atoms with Gasteiger partial charge in [-0.3, -0.25) is 9.98 Å². The molecule has 2 aliphatic heterocycles. The fourth-order valence-electron chi connectivity index (χ4n) is 2.37. The minimum absolute atomic E-state index is 0.00306. The van der Waals surface area contributed by atoms with Crippen LogP contribution in [0, 0.1) is 11.8 Å². The first-order valence-corrected chi connectivity index (χ1v) is 5.24. The van der Waals surface area contributed by atoms with Crippen LogP contribution in [0.4, 0.5) is 0 Å². The second-order valence-corrected chi connectivity index (χ2v) is 4.07. The molecule has 0 amide bonds. The predicted octanol–water partition coefficient (Wildman–Crippen LogP) is 0.204. The molecule has 4 unspecified atom stereocenters.